The summed E-state index contributed by atoms with van der Waals surface area (Å²) in [5, 5.41) is 18.3. The maximum absolute atomic E-state index is 11.0. The van der Waals surface area contributed by atoms with Crippen LogP contribution in [0.2, 0.25) is 0 Å². The average Bonchev–Trinajstić information content (AvgIpc) is 2.17. The zero-order valence-corrected chi connectivity index (χ0v) is 9.41. The van der Waals surface area contributed by atoms with Crippen molar-refractivity contribution >= 4 is 17.7 Å². The zero-order chi connectivity index (χ0) is 11.4. The fraction of sp³-hybridized carbons (Fsp3) is 0.400. The van der Waals surface area contributed by atoms with E-state index in [9.17, 15) is 4.79 Å². The molecule has 1 rings (SSSR count). The fourth-order valence-electron chi connectivity index (χ4n) is 1.11. The lowest BCUT2D eigenvalue weighted by Crippen LogP contribution is -2.08. The quantitative estimate of drug-likeness (QED) is 0.764. The van der Waals surface area contributed by atoms with Crippen LogP contribution in [0.15, 0.2) is 17.3 Å². The van der Waals surface area contributed by atoms with Crippen LogP contribution < -0.4 is 0 Å². The maximum Gasteiger partial charge on any atom is 0.338 e. The number of carboxylic acid groups (broad SMARTS) is 1. The van der Waals surface area contributed by atoms with Gasteiger partial charge in [-0.15, -0.1) is 11.8 Å². The Kier molecular flexibility index (Phi) is 4.11. The van der Waals surface area contributed by atoms with Crippen LogP contribution >= 0.6 is 11.8 Å². The molecule has 0 bridgehead atoms. The summed E-state index contributed by atoms with van der Waals surface area (Å²) in [6.07, 6.45) is 1.58. The standard InChI is InChI=1S/C10H13NO3S/c1-6-3-4-11-9(8(6)10(13)14)15-7(2)5-12/h3-4,7,12H,5H2,1-2H3,(H,13,14). The Morgan fingerprint density at radius 2 is 2.33 bits per heavy atom. The number of pyridine rings is 1. The summed E-state index contributed by atoms with van der Waals surface area (Å²) in [5.74, 6) is -0.978. The number of rotatable bonds is 4. The Labute approximate surface area is 92.3 Å². The van der Waals surface area contributed by atoms with Crippen molar-refractivity contribution in [1.82, 2.24) is 4.98 Å². The Balaban J connectivity index is 3.06. The predicted molar refractivity (Wildman–Crippen MR) is 58.3 cm³/mol. The van der Waals surface area contributed by atoms with Crippen LogP contribution in [0.3, 0.4) is 0 Å². The smallest absolute Gasteiger partial charge is 0.338 e. The highest BCUT2D eigenvalue weighted by atomic mass is 32.2. The van der Waals surface area contributed by atoms with Gasteiger partial charge >= 0.3 is 5.97 Å². The zero-order valence-electron chi connectivity index (χ0n) is 8.60. The third-order valence-electron chi connectivity index (χ3n) is 1.91. The third kappa shape index (κ3) is 2.94. The van der Waals surface area contributed by atoms with Crippen molar-refractivity contribution in [3.05, 3.63) is 23.4 Å². The molecule has 5 heteroatoms. The van der Waals surface area contributed by atoms with Gasteiger partial charge in [0.2, 0.25) is 0 Å². The molecular weight excluding hydrogens is 214 g/mol. The van der Waals surface area contributed by atoms with E-state index in [1.54, 1.807) is 19.2 Å². The lowest BCUT2D eigenvalue weighted by molar-refractivity contribution is 0.0691. The first kappa shape index (κ1) is 12.0. The topological polar surface area (TPSA) is 70.4 Å². The van der Waals surface area contributed by atoms with Crippen LogP contribution in [-0.4, -0.2) is 33.0 Å². The van der Waals surface area contributed by atoms with Gasteiger partial charge in [0.05, 0.1) is 12.2 Å². The van der Waals surface area contributed by atoms with Gasteiger partial charge in [-0.1, -0.05) is 6.92 Å². The van der Waals surface area contributed by atoms with E-state index in [4.69, 9.17) is 10.2 Å². The van der Waals surface area contributed by atoms with E-state index >= 15 is 0 Å². The molecule has 0 radical (unpaired) electrons. The van der Waals surface area contributed by atoms with Crippen molar-refractivity contribution in [1.29, 1.82) is 0 Å². The minimum absolute atomic E-state index is 0.000647. The molecule has 0 fully saturated rings. The van der Waals surface area contributed by atoms with Gasteiger partial charge in [0.1, 0.15) is 5.03 Å². The summed E-state index contributed by atoms with van der Waals surface area (Å²) < 4.78 is 0. The number of aromatic carboxylic acids is 1. The normalized spacial score (nSPS) is 12.5. The van der Waals surface area contributed by atoms with Crippen LogP contribution in [0, 0.1) is 6.92 Å². The molecule has 0 saturated carbocycles. The van der Waals surface area contributed by atoms with Crippen molar-refractivity contribution in [3.8, 4) is 0 Å². The average molecular weight is 227 g/mol. The number of aliphatic hydroxyl groups excluding tert-OH is 1. The molecule has 2 N–H and O–H groups in total. The molecule has 0 aliphatic heterocycles. The molecule has 0 aliphatic rings. The van der Waals surface area contributed by atoms with Crippen molar-refractivity contribution in [2.24, 2.45) is 0 Å². The first-order chi connectivity index (χ1) is 7.06. The van der Waals surface area contributed by atoms with E-state index in [0.717, 1.165) is 0 Å². The summed E-state index contributed by atoms with van der Waals surface area (Å²) in [6, 6.07) is 1.66. The van der Waals surface area contributed by atoms with Crippen LogP contribution in [-0.2, 0) is 0 Å². The lowest BCUT2D eigenvalue weighted by atomic mass is 10.2. The number of aliphatic hydroxyl groups is 1. The summed E-state index contributed by atoms with van der Waals surface area (Å²) in [4.78, 5) is 15.0. The molecule has 1 atom stereocenters. The second-order valence-electron chi connectivity index (χ2n) is 3.22. The first-order valence-corrected chi connectivity index (χ1v) is 5.40. The summed E-state index contributed by atoms with van der Waals surface area (Å²) in [5.41, 5.74) is 0.910. The highest BCUT2D eigenvalue weighted by Gasteiger charge is 2.16. The van der Waals surface area contributed by atoms with Gasteiger partial charge in [0, 0.05) is 11.4 Å². The van der Waals surface area contributed by atoms with Crippen molar-refractivity contribution in [2.75, 3.05) is 6.61 Å². The minimum Gasteiger partial charge on any atom is -0.478 e. The van der Waals surface area contributed by atoms with Crippen molar-refractivity contribution in [3.63, 3.8) is 0 Å². The number of aromatic nitrogens is 1. The van der Waals surface area contributed by atoms with Gasteiger partial charge in [-0.2, -0.15) is 0 Å². The van der Waals surface area contributed by atoms with E-state index in [0.29, 0.717) is 10.6 Å². The Bertz CT molecular complexity index is 368. The second-order valence-corrected chi connectivity index (χ2v) is 4.65. The summed E-state index contributed by atoms with van der Waals surface area (Å²) >= 11 is 1.27. The summed E-state index contributed by atoms with van der Waals surface area (Å²) in [7, 11) is 0. The van der Waals surface area contributed by atoms with Crippen LogP contribution in [0.25, 0.3) is 0 Å². The number of nitrogens with zero attached hydrogens (tertiary/aromatic N) is 1. The number of hydrogen-bond donors (Lipinski definition) is 2. The molecule has 0 amide bonds. The van der Waals surface area contributed by atoms with Gasteiger partial charge in [0.15, 0.2) is 0 Å². The van der Waals surface area contributed by atoms with Crippen LogP contribution in [0.4, 0.5) is 0 Å². The molecule has 0 spiro atoms. The Morgan fingerprint density at radius 3 is 2.87 bits per heavy atom. The van der Waals surface area contributed by atoms with Gasteiger partial charge in [-0.3, -0.25) is 0 Å². The van der Waals surface area contributed by atoms with Crippen molar-refractivity contribution in [2.45, 2.75) is 24.1 Å². The molecule has 1 aromatic heterocycles. The number of carbonyl (C=O) groups is 1. The molecule has 0 aliphatic carbocycles. The molecule has 4 nitrogen and oxygen atoms in total. The minimum atomic E-state index is -0.978. The molecule has 0 aromatic carbocycles. The van der Waals surface area contributed by atoms with E-state index in [1.807, 2.05) is 6.92 Å². The molecule has 82 valence electrons. The van der Waals surface area contributed by atoms with E-state index in [-0.39, 0.29) is 17.4 Å². The van der Waals surface area contributed by atoms with Crippen molar-refractivity contribution < 1.29 is 15.0 Å². The number of carboxylic acids is 1. The van der Waals surface area contributed by atoms with E-state index in [2.05, 4.69) is 4.98 Å². The number of aryl methyl sites for hydroxylation is 1. The Hall–Kier alpha value is -1.07. The molecule has 15 heavy (non-hydrogen) atoms. The van der Waals surface area contributed by atoms with E-state index in [1.165, 1.54) is 11.8 Å². The lowest BCUT2D eigenvalue weighted by Gasteiger charge is -2.10. The first-order valence-electron chi connectivity index (χ1n) is 4.52. The maximum atomic E-state index is 11.0. The number of hydrogen-bond acceptors (Lipinski definition) is 4. The van der Waals surface area contributed by atoms with Gasteiger partial charge in [0.25, 0.3) is 0 Å². The molecule has 0 saturated heterocycles. The second kappa shape index (κ2) is 5.14. The molecule has 1 heterocycles. The SMILES string of the molecule is Cc1ccnc(SC(C)CO)c1C(=O)O. The van der Waals surface area contributed by atoms with Crippen LogP contribution in [0.1, 0.15) is 22.8 Å². The third-order valence-corrected chi connectivity index (χ3v) is 2.99. The van der Waals surface area contributed by atoms with Gasteiger partial charge in [-0.05, 0) is 18.6 Å². The molecule has 1 aromatic rings. The fourth-order valence-corrected chi connectivity index (χ4v) is 2.05. The highest BCUT2D eigenvalue weighted by Crippen LogP contribution is 2.26. The van der Waals surface area contributed by atoms with E-state index < -0.39 is 5.97 Å². The monoisotopic (exact) mass is 227 g/mol. The predicted octanol–water partition coefficient (Wildman–Crippen LogP) is 1.56. The summed E-state index contributed by atoms with van der Waals surface area (Å²) in [6.45, 7) is 3.55. The largest absolute Gasteiger partial charge is 0.478 e. The molecular formula is C10H13NO3S. The van der Waals surface area contributed by atoms with Gasteiger partial charge < -0.3 is 10.2 Å². The molecule has 1 unspecified atom stereocenters. The Morgan fingerprint density at radius 1 is 1.67 bits per heavy atom. The van der Waals surface area contributed by atoms with Gasteiger partial charge in [-0.25, -0.2) is 9.78 Å². The highest BCUT2D eigenvalue weighted by molar-refractivity contribution is 7.99. The van der Waals surface area contributed by atoms with Crippen LogP contribution in [0.5, 0.6) is 0 Å². The number of thioether (sulfide) groups is 1.